The molecule has 44 heavy (non-hydrogen) atoms. The third-order valence-corrected chi connectivity index (χ3v) is 7.65. The van der Waals surface area contributed by atoms with E-state index in [0.29, 0.717) is 25.1 Å². The monoisotopic (exact) mass is 616 g/mol. The van der Waals surface area contributed by atoms with Gasteiger partial charge in [0.25, 0.3) is 5.91 Å². The van der Waals surface area contributed by atoms with Crippen molar-refractivity contribution in [1.82, 2.24) is 15.5 Å². The summed E-state index contributed by atoms with van der Waals surface area (Å²) in [6.45, 7) is 8.09. The molecule has 2 aliphatic rings. The molecule has 0 aromatic rings. The molecule has 244 valence electrons. The van der Waals surface area contributed by atoms with Crippen molar-refractivity contribution in [3.8, 4) is 0 Å². The predicted molar refractivity (Wildman–Crippen MR) is 166 cm³/mol. The van der Waals surface area contributed by atoms with Crippen LogP contribution in [0.5, 0.6) is 0 Å². The molecule has 0 aromatic heterocycles. The number of nitrogens with zero attached hydrogens (tertiary/aromatic N) is 1. The van der Waals surface area contributed by atoms with Crippen molar-refractivity contribution in [2.75, 3.05) is 41.4 Å². The maximum atomic E-state index is 13.7. The molecule has 5 N–H and O–H groups in total. The Bertz CT molecular complexity index is 1230. The summed E-state index contributed by atoms with van der Waals surface area (Å²) >= 11 is 0. The summed E-state index contributed by atoms with van der Waals surface area (Å²) in [5.41, 5.74) is 6.55. The first kappa shape index (κ1) is 36.6. The van der Waals surface area contributed by atoms with Crippen molar-refractivity contribution in [2.45, 2.75) is 65.0 Å². The molecule has 6 atom stereocenters. The number of hydrogen-bond donors (Lipinski definition) is 4. The molecule has 1 heterocycles. The number of Topliss-reactive ketones (excluding diaryl/α,β-unsaturated/α-hetero) is 1. The first-order chi connectivity index (χ1) is 20.7. The van der Waals surface area contributed by atoms with Gasteiger partial charge < -0.3 is 40.6 Å². The van der Waals surface area contributed by atoms with E-state index < -0.39 is 53.9 Å². The first-order valence-corrected chi connectivity index (χ1v) is 14.7. The van der Waals surface area contributed by atoms with Gasteiger partial charge in [-0.05, 0) is 52.3 Å². The minimum Gasteiger partial charge on any atom is -0.439 e. The fourth-order valence-corrected chi connectivity index (χ4v) is 5.18. The van der Waals surface area contributed by atoms with Gasteiger partial charge >= 0.3 is 6.09 Å². The topological polar surface area (TPSA) is 170 Å². The van der Waals surface area contributed by atoms with Gasteiger partial charge in [0.05, 0.1) is 23.6 Å². The Labute approximate surface area is 260 Å². The van der Waals surface area contributed by atoms with Crippen LogP contribution in [0, 0.1) is 11.8 Å². The average molecular weight is 617 g/mol. The Morgan fingerprint density at radius 3 is 2.43 bits per heavy atom. The van der Waals surface area contributed by atoms with Crippen LogP contribution in [-0.4, -0.2) is 99.4 Å². The molecule has 0 aromatic carbocycles. The molecule has 1 aliphatic heterocycles. The van der Waals surface area contributed by atoms with E-state index in [1.165, 1.54) is 20.3 Å². The summed E-state index contributed by atoms with van der Waals surface area (Å²) in [5.74, 6) is -2.06. The predicted octanol–water partition coefficient (Wildman–Crippen LogP) is 1.91. The highest BCUT2D eigenvalue weighted by Gasteiger charge is 2.33. The lowest BCUT2D eigenvalue weighted by Crippen LogP contribution is -2.38. The molecule has 2 bridgehead atoms. The SMILES string of the molecule is COC1/C=C\C=C(/C)C(=O)NC2=CC(=O)C(NCCN(C)C)=C(CC(C)CC(OC)C(O)C(C)/C=C(\C)C1OC(N)=O)C2=O. The van der Waals surface area contributed by atoms with Gasteiger partial charge in [0.1, 0.15) is 6.10 Å². The Hall–Kier alpha value is -3.58. The van der Waals surface area contributed by atoms with Gasteiger partial charge in [0.2, 0.25) is 11.6 Å². The normalized spacial score (nSPS) is 31.0. The van der Waals surface area contributed by atoms with Crippen molar-refractivity contribution in [1.29, 1.82) is 0 Å². The number of aliphatic hydroxyl groups excluding tert-OH is 1. The summed E-state index contributed by atoms with van der Waals surface area (Å²) in [4.78, 5) is 53.7. The number of allylic oxidation sites excluding steroid dienone is 4. The van der Waals surface area contributed by atoms with Crippen molar-refractivity contribution in [3.05, 3.63) is 58.5 Å². The second-order valence-corrected chi connectivity index (χ2v) is 11.7. The molecule has 0 radical (unpaired) electrons. The maximum absolute atomic E-state index is 13.7. The minimum atomic E-state index is -0.997. The van der Waals surface area contributed by atoms with Crippen molar-refractivity contribution >= 4 is 23.6 Å². The number of likely N-dealkylation sites (N-methyl/N-ethyl adjacent to an activating group) is 1. The number of nitrogens with one attached hydrogen (secondary N) is 2. The molecule has 0 saturated heterocycles. The summed E-state index contributed by atoms with van der Waals surface area (Å²) in [6, 6.07) is 0. The molecule has 2 rings (SSSR count). The van der Waals surface area contributed by atoms with Crippen LogP contribution >= 0.6 is 0 Å². The second-order valence-electron chi connectivity index (χ2n) is 11.7. The Morgan fingerprint density at radius 1 is 1.16 bits per heavy atom. The highest BCUT2D eigenvalue weighted by Crippen LogP contribution is 2.28. The number of ether oxygens (including phenoxy) is 3. The fourth-order valence-electron chi connectivity index (χ4n) is 5.18. The summed E-state index contributed by atoms with van der Waals surface area (Å²) in [7, 11) is 6.74. The molecule has 1 aliphatic carbocycles. The Balaban J connectivity index is 2.60. The van der Waals surface area contributed by atoms with E-state index in [2.05, 4.69) is 10.6 Å². The molecule has 12 nitrogen and oxygen atoms in total. The number of rotatable bonds is 7. The molecule has 0 spiro atoms. The van der Waals surface area contributed by atoms with Crippen LogP contribution in [0.4, 0.5) is 4.79 Å². The van der Waals surface area contributed by atoms with E-state index in [1.54, 1.807) is 32.1 Å². The number of primary amides is 1. The molecule has 12 heteroatoms. The van der Waals surface area contributed by atoms with Gasteiger partial charge in [0.15, 0.2) is 6.10 Å². The van der Waals surface area contributed by atoms with E-state index >= 15 is 0 Å². The lowest BCUT2D eigenvalue weighted by atomic mass is 9.85. The number of carbonyl (C=O) groups excluding carboxylic acids is 4. The van der Waals surface area contributed by atoms with Crippen molar-refractivity contribution in [3.63, 3.8) is 0 Å². The zero-order valence-electron chi connectivity index (χ0n) is 27.0. The smallest absolute Gasteiger partial charge is 0.405 e. The number of hydrogen-bond acceptors (Lipinski definition) is 10. The van der Waals surface area contributed by atoms with Crippen molar-refractivity contribution in [2.24, 2.45) is 17.6 Å². The zero-order valence-corrected chi connectivity index (χ0v) is 27.0. The quantitative estimate of drug-likeness (QED) is 0.245. The molecule has 2 amide bonds. The molecular formula is C32H48N4O8. The van der Waals surface area contributed by atoms with E-state index in [9.17, 15) is 24.3 Å². The molecule has 6 unspecified atom stereocenters. The van der Waals surface area contributed by atoms with Gasteiger partial charge in [0, 0.05) is 50.4 Å². The van der Waals surface area contributed by atoms with Gasteiger partial charge in [-0.15, -0.1) is 0 Å². The van der Waals surface area contributed by atoms with Crippen LogP contribution in [0.15, 0.2) is 58.5 Å². The maximum Gasteiger partial charge on any atom is 0.405 e. The highest BCUT2D eigenvalue weighted by atomic mass is 16.6. The second kappa shape index (κ2) is 17.0. The molecule has 0 saturated carbocycles. The van der Waals surface area contributed by atoms with E-state index in [4.69, 9.17) is 19.9 Å². The Morgan fingerprint density at radius 2 is 1.84 bits per heavy atom. The van der Waals surface area contributed by atoms with Crippen LogP contribution in [0.3, 0.4) is 0 Å². The number of amides is 2. The van der Waals surface area contributed by atoms with Crippen LogP contribution in [0.25, 0.3) is 0 Å². The number of methoxy groups -OCH3 is 2. The van der Waals surface area contributed by atoms with Gasteiger partial charge in [-0.2, -0.15) is 0 Å². The summed E-state index contributed by atoms with van der Waals surface area (Å²) in [5, 5.41) is 17.0. The lowest BCUT2D eigenvalue weighted by Gasteiger charge is -2.30. The van der Waals surface area contributed by atoms with Gasteiger partial charge in [-0.25, -0.2) is 4.79 Å². The Kier molecular flexibility index (Phi) is 14.2. The summed E-state index contributed by atoms with van der Waals surface area (Å²) in [6.07, 6.45) is 3.88. The van der Waals surface area contributed by atoms with E-state index in [1.807, 2.05) is 32.8 Å². The zero-order chi connectivity index (χ0) is 33.1. The van der Waals surface area contributed by atoms with E-state index in [-0.39, 0.29) is 34.9 Å². The van der Waals surface area contributed by atoms with Crippen LogP contribution < -0.4 is 16.4 Å². The summed E-state index contributed by atoms with van der Waals surface area (Å²) < 4.78 is 16.6. The number of nitrogens with two attached hydrogens (primary N) is 1. The number of ketones is 2. The van der Waals surface area contributed by atoms with E-state index in [0.717, 1.165) is 6.08 Å². The standard InChI is InChI=1S/C32H48N4O8/c1-18-14-22-27(34-12-13-36(5)6)24(37)17-23(29(22)39)35-31(40)19(2)10-9-11-25(42-7)30(44-32(33)41)21(4)16-20(3)28(38)26(15-18)43-8/h9-11,16-18,20,25-26,28,30,34,38H,12-15H2,1-8H3,(H2,33,41)(H,35,40)/b11-9-,19-10+,21-16+. The van der Waals surface area contributed by atoms with Gasteiger partial charge in [-0.3, -0.25) is 14.4 Å². The molecule has 0 fully saturated rings. The fraction of sp³-hybridized carbons (Fsp3) is 0.562. The van der Waals surface area contributed by atoms with Gasteiger partial charge in [-0.1, -0.05) is 38.2 Å². The lowest BCUT2D eigenvalue weighted by molar-refractivity contribution is -0.120. The highest BCUT2D eigenvalue weighted by molar-refractivity contribution is 6.23. The molecular weight excluding hydrogens is 568 g/mol. The largest absolute Gasteiger partial charge is 0.439 e. The number of carbonyl (C=O) groups is 4. The third kappa shape index (κ3) is 10.3. The van der Waals surface area contributed by atoms with Crippen molar-refractivity contribution < 1.29 is 38.5 Å². The minimum absolute atomic E-state index is 0.114. The number of fused-ring (bicyclic) bond motifs is 2. The van der Waals surface area contributed by atoms with Crippen LogP contribution in [-0.2, 0) is 28.6 Å². The third-order valence-electron chi connectivity index (χ3n) is 7.65. The average Bonchev–Trinajstić information content (AvgIpc) is 2.95. The first-order valence-electron chi connectivity index (χ1n) is 14.7. The number of aliphatic hydroxyl groups is 1. The van der Waals surface area contributed by atoms with Crippen LogP contribution in [0.2, 0.25) is 0 Å². The van der Waals surface area contributed by atoms with Crippen LogP contribution in [0.1, 0.15) is 40.5 Å².